The van der Waals surface area contributed by atoms with E-state index in [0.29, 0.717) is 0 Å². The van der Waals surface area contributed by atoms with Crippen molar-refractivity contribution in [1.29, 1.82) is 0 Å². The van der Waals surface area contributed by atoms with Crippen LogP contribution in [0, 0.1) is 0 Å². The lowest BCUT2D eigenvalue weighted by Gasteiger charge is -1.62. The predicted molar refractivity (Wildman–Crippen MR) is 29.4 cm³/mol. The summed E-state index contributed by atoms with van der Waals surface area (Å²) in [5.74, 6) is 0. The molecule has 0 rings (SSSR count). The molecule has 5 heteroatoms. The molecule has 0 bridgehead atoms. The van der Waals surface area contributed by atoms with E-state index in [1.165, 1.54) is 0 Å². The van der Waals surface area contributed by atoms with Crippen molar-refractivity contribution >= 4 is 0 Å². The quantitative estimate of drug-likeness (QED) is 0.498. The third-order valence-corrected chi connectivity index (χ3v) is 0. The van der Waals surface area contributed by atoms with Crippen LogP contribution in [0.1, 0.15) is 0 Å². The largest absolute Gasteiger partial charge is 0.487 e. The summed E-state index contributed by atoms with van der Waals surface area (Å²) in [5.41, 5.74) is 0. The molecule has 3 nitrogen and oxygen atoms in total. The van der Waals surface area contributed by atoms with Crippen LogP contribution >= 0.6 is 0 Å². The molecular weight excluding hydrogens is 134 g/mol. The van der Waals surface area contributed by atoms with Crippen molar-refractivity contribution in [1.82, 2.24) is 0 Å². The molecule has 0 unspecified atom stereocenters. The van der Waals surface area contributed by atoms with Gasteiger partial charge in [0.15, 0.2) is 0 Å². The van der Waals surface area contributed by atoms with E-state index >= 15 is 0 Å². The van der Waals surface area contributed by atoms with Crippen molar-refractivity contribution in [2.24, 2.45) is 0 Å². The molecule has 0 atom stereocenters. The van der Waals surface area contributed by atoms with Gasteiger partial charge in [0.1, 0.15) is 0 Å². The Morgan fingerprint density at radius 1 is 1.00 bits per heavy atom. The molecule has 0 fully saturated rings. The molecule has 0 aliphatic carbocycles. The standard InChI is InChI=1S/2C2H3FO.H2O/c2*1-2(3)4;/h2*4H,1H2;1H2. The average molecular weight is 142 g/mol. The minimum atomic E-state index is -1.33. The highest BCUT2D eigenvalue weighted by Gasteiger charge is 1.61. The van der Waals surface area contributed by atoms with Crippen LogP contribution in [-0.2, 0) is 0 Å². The molecule has 0 heterocycles. The highest BCUT2D eigenvalue weighted by atomic mass is 19.1. The molecule has 0 spiro atoms. The van der Waals surface area contributed by atoms with Gasteiger partial charge in [0.05, 0.1) is 0 Å². The van der Waals surface area contributed by atoms with E-state index in [4.69, 9.17) is 10.2 Å². The summed E-state index contributed by atoms with van der Waals surface area (Å²) in [6, 6.07) is -2.67. The average Bonchev–Trinajstić information content (AvgIpc) is 1.25. The van der Waals surface area contributed by atoms with Gasteiger partial charge in [-0.1, -0.05) is 0 Å². The molecule has 9 heavy (non-hydrogen) atoms. The van der Waals surface area contributed by atoms with Crippen LogP contribution < -0.4 is 0 Å². The lowest BCUT2D eigenvalue weighted by molar-refractivity contribution is 0.285. The minimum absolute atomic E-state index is 0. The van der Waals surface area contributed by atoms with E-state index in [2.05, 4.69) is 13.2 Å². The molecule has 0 amide bonds. The van der Waals surface area contributed by atoms with Gasteiger partial charge in [0, 0.05) is 0 Å². The van der Waals surface area contributed by atoms with Crippen LogP contribution in [0.3, 0.4) is 0 Å². The number of rotatable bonds is 0. The monoisotopic (exact) mass is 142 g/mol. The lowest BCUT2D eigenvalue weighted by Crippen LogP contribution is -1.50. The molecule has 0 aliphatic heterocycles. The Bertz CT molecular complexity index is 71.8. The number of halogens is 2. The number of aliphatic hydroxyl groups excluding tert-OH is 2. The van der Waals surface area contributed by atoms with Crippen LogP contribution in [0.15, 0.2) is 25.2 Å². The molecule has 0 aromatic heterocycles. The summed E-state index contributed by atoms with van der Waals surface area (Å²) < 4.78 is 20.7. The number of hydrogen-bond acceptors (Lipinski definition) is 2. The Morgan fingerprint density at radius 3 is 1.00 bits per heavy atom. The van der Waals surface area contributed by atoms with Gasteiger partial charge in [-0.3, -0.25) is 0 Å². The van der Waals surface area contributed by atoms with Crippen LogP contribution in [0.4, 0.5) is 8.78 Å². The van der Waals surface area contributed by atoms with Crippen molar-refractivity contribution < 1.29 is 24.5 Å². The summed E-state index contributed by atoms with van der Waals surface area (Å²) in [5, 5.41) is 14.4. The van der Waals surface area contributed by atoms with Crippen molar-refractivity contribution in [2.75, 3.05) is 0 Å². The normalized spacial score (nSPS) is 5.56. The number of hydrogen-bond donors (Lipinski definition) is 2. The van der Waals surface area contributed by atoms with Crippen LogP contribution in [0.2, 0.25) is 0 Å². The van der Waals surface area contributed by atoms with Gasteiger partial charge in [0.25, 0.3) is 12.0 Å². The molecule has 0 radical (unpaired) electrons. The molecule has 0 saturated heterocycles. The van der Waals surface area contributed by atoms with Crippen molar-refractivity contribution in [2.45, 2.75) is 0 Å². The molecule has 0 saturated carbocycles. The fourth-order valence-electron chi connectivity index (χ4n) is 0. The second kappa shape index (κ2) is 10.0. The topological polar surface area (TPSA) is 72.0 Å². The highest BCUT2D eigenvalue weighted by Crippen LogP contribution is 1.74. The first kappa shape index (κ1) is 15.7. The van der Waals surface area contributed by atoms with E-state index in [1.807, 2.05) is 0 Å². The fourth-order valence-corrected chi connectivity index (χ4v) is 0. The van der Waals surface area contributed by atoms with Gasteiger partial charge in [-0.25, -0.2) is 0 Å². The van der Waals surface area contributed by atoms with E-state index in [0.717, 1.165) is 0 Å². The highest BCUT2D eigenvalue weighted by molar-refractivity contribution is 4.56. The van der Waals surface area contributed by atoms with Gasteiger partial charge in [-0.05, 0) is 13.2 Å². The Labute approximate surface area is 50.9 Å². The van der Waals surface area contributed by atoms with Crippen LogP contribution in [0.25, 0.3) is 0 Å². The lowest BCUT2D eigenvalue weighted by atomic mass is 11.1. The Morgan fingerprint density at radius 2 is 1.00 bits per heavy atom. The third kappa shape index (κ3) is 137. The van der Waals surface area contributed by atoms with Gasteiger partial charge >= 0.3 is 0 Å². The summed E-state index contributed by atoms with van der Waals surface area (Å²) in [7, 11) is 0. The Kier molecular flexibility index (Phi) is 17.4. The molecular formula is C4H8F2O3. The zero-order chi connectivity index (χ0) is 7.15. The first-order valence-electron chi connectivity index (χ1n) is 1.53. The summed E-state index contributed by atoms with van der Waals surface area (Å²) in [4.78, 5) is 0. The summed E-state index contributed by atoms with van der Waals surface area (Å²) in [6.07, 6.45) is 0. The SMILES string of the molecule is C=C(O)F.C=C(O)F.O. The third-order valence-electron chi connectivity index (χ3n) is 0. The van der Waals surface area contributed by atoms with E-state index in [1.54, 1.807) is 0 Å². The van der Waals surface area contributed by atoms with Crippen molar-refractivity contribution in [3.63, 3.8) is 0 Å². The zero-order valence-electron chi connectivity index (χ0n) is 4.56. The van der Waals surface area contributed by atoms with Crippen molar-refractivity contribution in [3.8, 4) is 0 Å². The van der Waals surface area contributed by atoms with Gasteiger partial charge in [-0.2, -0.15) is 8.78 Å². The fraction of sp³-hybridized carbons (Fsp3) is 0. The molecule has 0 aromatic carbocycles. The zero-order valence-corrected chi connectivity index (χ0v) is 4.56. The second-order valence-corrected chi connectivity index (χ2v) is 0.753. The van der Waals surface area contributed by atoms with Crippen molar-refractivity contribution in [3.05, 3.63) is 25.2 Å². The minimum Gasteiger partial charge on any atom is -0.487 e. The summed E-state index contributed by atoms with van der Waals surface area (Å²) in [6.45, 7) is 4.89. The van der Waals surface area contributed by atoms with E-state index in [9.17, 15) is 8.78 Å². The van der Waals surface area contributed by atoms with Crippen LogP contribution in [0.5, 0.6) is 0 Å². The second-order valence-electron chi connectivity index (χ2n) is 0.753. The smallest absolute Gasteiger partial charge is 0.262 e. The maximum atomic E-state index is 10.4. The van der Waals surface area contributed by atoms with Gasteiger partial charge in [-0.15, -0.1) is 0 Å². The van der Waals surface area contributed by atoms with E-state index in [-0.39, 0.29) is 5.48 Å². The predicted octanol–water partition coefficient (Wildman–Crippen LogP) is 1.15. The molecule has 0 aromatic rings. The molecule has 0 aliphatic rings. The maximum Gasteiger partial charge on any atom is 0.262 e. The first-order valence-corrected chi connectivity index (χ1v) is 1.53. The maximum absolute atomic E-state index is 10.4. The Hall–Kier alpha value is -1.10. The molecule has 4 N–H and O–H groups in total. The number of aliphatic hydroxyl groups is 2. The first-order chi connectivity index (χ1) is 3.46. The van der Waals surface area contributed by atoms with Crippen LogP contribution in [-0.4, -0.2) is 15.7 Å². The summed E-state index contributed by atoms with van der Waals surface area (Å²) >= 11 is 0. The van der Waals surface area contributed by atoms with E-state index < -0.39 is 12.0 Å². The Balaban J connectivity index is -0.0000000720. The van der Waals surface area contributed by atoms with Gasteiger partial charge in [0.2, 0.25) is 0 Å². The molecule has 56 valence electrons. The van der Waals surface area contributed by atoms with Gasteiger partial charge < -0.3 is 15.7 Å².